The van der Waals surface area contributed by atoms with Gasteiger partial charge < -0.3 is 25.2 Å². The van der Waals surface area contributed by atoms with Gasteiger partial charge in [0.05, 0.1) is 0 Å². The molecule has 0 aromatic rings. The molecule has 0 aliphatic rings. The molecular weight excluding hydrogens is 152 g/mol. The number of aliphatic hydroxyl groups excluding tert-OH is 2. The predicted octanol–water partition coefficient (Wildman–Crippen LogP) is -1.94. The quantitative estimate of drug-likeness (QED) is 0.357. The van der Waals surface area contributed by atoms with Crippen LogP contribution in [0.3, 0.4) is 0 Å². The van der Waals surface area contributed by atoms with Crippen molar-refractivity contribution in [2.45, 2.75) is 18.3 Å². The Kier molecular flexibility index (Phi) is 4.55. The van der Waals surface area contributed by atoms with Crippen LogP contribution in [-0.4, -0.2) is 52.6 Å². The number of methoxy groups -OCH3 is 1. The van der Waals surface area contributed by atoms with Gasteiger partial charge in [0.2, 0.25) is 5.79 Å². The van der Waals surface area contributed by atoms with E-state index in [0.717, 1.165) is 0 Å². The summed E-state index contributed by atoms with van der Waals surface area (Å²) in [5.74, 6) is -2.27. The van der Waals surface area contributed by atoms with Crippen LogP contribution >= 0.6 is 0 Å². The second-order valence-electron chi connectivity index (χ2n) is 2.34. The molecule has 0 radical (unpaired) electrons. The lowest BCUT2D eigenvalue weighted by atomic mass is 10.1. The molecule has 0 bridgehead atoms. The van der Waals surface area contributed by atoms with Gasteiger partial charge in [-0.05, 0) is 0 Å². The van der Waals surface area contributed by atoms with Gasteiger partial charge in [-0.3, -0.25) is 0 Å². The minimum atomic E-state index is -2.27. The summed E-state index contributed by atoms with van der Waals surface area (Å²) >= 11 is 0. The van der Waals surface area contributed by atoms with E-state index in [1.54, 1.807) is 0 Å². The molecule has 0 aliphatic heterocycles. The Hall–Kier alpha value is -0.200. The molecule has 0 heterocycles. The highest BCUT2D eigenvalue weighted by molar-refractivity contribution is 4.73. The van der Waals surface area contributed by atoms with Crippen LogP contribution in [0.5, 0.6) is 0 Å². The second kappa shape index (κ2) is 4.63. The molecule has 11 heavy (non-hydrogen) atoms. The Bertz CT molecular complexity index is 103. The average Bonchev–Trinajstić information content (AvgIpc) is 1.88. The third kappa shape index (κ3) is 3.64. The van der Waals surface area contributed by atoms with Crippen molar-refractivity contribution in [2.75, 3.05) is 20.3 Å². The Morgan fingerprint density at radius 1 is 1.45 bits per heavy atom. The molecule has 0 rings (SSSR count). The van der Waals surface area contributed by atoms with Crippen LogP contribution in [0, 0.1) is 0 Å². The van der Waals surface area contributed by atoms with E-state index in [1.807, 2.05) is 0 Å². The fourth-order valence-corrected chi connectivity index (χ4v) is 0.662. The smallest absolute Gasteiger partial charge is 0.213 e. The minimum absolute atomic E-state index is 0.0869. The van der Waals surface area contributed by atoms with Crippen molar-refractivity contribution >= 4 is 0 Å². The SMILES string of the molecule is COCC(O)(O)C(O)CCO. The molecule has 0 aromatic carbocycles. The topological polar surface area (TPSA) is 90.2 Å². The van der Waals surface area contributed by atoms with E-state index in [0.29, 0.717) is 0 Å². The van der Waals surface area contributed by atoms with Gasteiger partial charge in [0.25, 0.3) is 0 Å². The summed E-state index contributed by atoms with van der Waals surface area (Å²) in [5, 5.41) is 35.3. The summed E-state index contributed by atoms with van der Waals surface area (Å²) in [4.78, 5) is 0. The van der Waals surface area contributed by atoms with Gasteiger partial charge >= 0.3 is 0 Å². The van der Waals surface area contributed by atoms with E-state index in [-0.39, 0.29) is 19.6 Å². The molecular formula is C6H14O5. The normalized spacial score (nSPS) is 15.0. The van der Waals surface area contributed by atoms with E-state index in [4.69, 9.17) is 20.4 Å². The van der Waals surface area contributed by atoms with Crippen molar-refractivity contribution in [2.24, 2.45) is 0 Å². The van der Waals surface area contributed by atoms with E-state index < -0.39 is 11.9 Å². The highest BCUT2D eigenvalue weighted by Crippen LogP contribution is 2.09. The number of aliphatic hydroxyl groups is 4. The Morgan fingerprint density at radius 3 is 2.36 bits per heavy atom. The van der Waals surface area contributed by atoms with E-state index in [2.05, 4.69) is 4.74 Å². The second-order valence-corrected chi connectivity index (χ2v) is 2.34. The molecule has 1 atom stereocenters. The largest absolute Gasteiger partial charge is 0.396 e. The van der Waals surface area contributed by atoms with Gasteiger partial charge in [-0.15, -0.1) is 0 Å². The van der Waals surface area contributed by atoms with Crippen LogP contribution in [0.1, 0.15) is 6.42 Å². The molecule has 0 spiro atoms. The third-order valence-electron chi connectivity index (χ3n) is 1.29. The van der Waals surface area contributed by atoms with Gasteiger partial charge in [0.1, 0.15) is 12.7 Å². The summed E-state index contributed by atoms with van der Waals surface area (Å²) in [5.41, 5.74) is 0. The van der Waals surface area contributed by atoms with Gasteiger partial charge in [-0.25, -0.2) is 0 Å². The van der Waals surface area contributed by atoms with Crippen molar-refractivity contribution < 1.29 is 25.2 Å². The molecule has 4 N–H and O–H groups in total. The standard InChI is InChI=1S/C6H14O5/c1-11-4-6(9,10)5(8)2-3-7/h5,7-10H,2-4H2,1H3. The van der Waals surface area contributed by atoms with Gasteiger partial charge in [0, 0.05) is 20.1 Å². The lowest BCUT2D eigenvalue weighted by molar-refractivity contribution is -0.249. The fraction of sp³-hybridized carbons (Fsp3) is 1.00. The van der Waals surface area contributed by atoms with Crippen molar-refractivity contribution in [1.29, 1.82) is 0 Å². The highest BCUT2D eigenvalue weighted by atomic mass is 16.6. The molecule has 5 nitrogen and oxygen atoms in total. The van der Waals surface area contributed by atoms with Crippen LogP contribution in [-0.2, 0) is 4.74 Å². The zero-order valence-corrected chi connectivity index (χ0v) is 6.40. The van der Waals surface area contributed by atoms with Crippen LogP contribution in [0.4, 0.5) is 0 Å². The molecule has 0 fully saturated rings. The van der Waals surface area contributed by atoms with Crippen molar-refractivity contribution in [3.63, 3.8) is 0 Å². The molecule has 0 aliphatic carbocycles. The van der Waals surface area contributed by atoms with Gasteiger partial charge in [-0.2, -0.15) is 0 Å². The van der Waals surface area contributed by atoms with Gasteiger partial charge in [-0.1, -0.05) is 0 Å². The monoisotopic (exact) mass is 166 g/mol. The maximum absolute atomic E-state index is 8.98. The lowest BCUT2D eigenvalue weighted by Crippen LogP contribution is -2.46. The molecule has 0 saturated heterocycles. The Labute approximate surface area is 64.9 Å². The first-order valence-electron chi connectivity index (χ1n) is 3.27. The van der Waals surface area contributed by atoms with E-state index in [9.17, 15) is 0 Å². The summed E-state index contributed by atoms with van der Waals surface area (Å²) in [6.07, 6.45) is -1.47. The Morgan fingerprint density at radius 2 is 2.00 bits per heavy atom. The van der Waals surface area contributed by atoms with Crippen LogP contribution in [0.2, 0.25) is 0 Å². The Balaban J connectivity index is 3.83. The number of hydrogen-bond acceptors (Lipinski definition) is 5. The van der Waals surface area contributed by atoms with Crippen LogP contribution in [0.15, 0.2) is 0 Å². The first kappa shape index (κ1) is 10.8. The van der Waals surface area contributed by atoms with Gasteiger partial charge in [0.15, 0.2) is 0 Å². The highest BCUT2D eigenvalue weighted by Gasteiger charge is 2.32. The number of rotatable bonds is 5. The summed E-state index contributed by atoms with van der Waals surface area (Å²) in [6.45, 7) is -0.679. The molecule has 5 heteroatoms. The average molecular weight is 166 g/mol. The number of ether oxygens (including phenoxy) is 1. The first-order chi connectivity index (χ1) is 5.04. The maximum atomic E-state index is 8.98. The zero-order valence-electron chi connectivity index (χ0n) is 6.40. The molecule has 0 amide bonds. The van der Waals surface area contributed by atoms with Crippen molar-refractivity contribution in [3.8, 4) is 0 Å². The number of hydrogen-bond donors (Lipinski definition) is 4. The summed E-state index contributed by atoms with van der Waals surface area (Å²) in [7, 11) is 1.28. The van der Waals surface area contributed by atoms with E-state index in [1.165, 1.54) is 7.11 Å². The van der Waals surface area contributed by atoms with E-state index >= 15 is 0 Å². The molecule has 68 valence electrons. The van der Waals surface area contributed by atoms with Crippen LogP contribution in [0.25, 0.3) is 0 Å². The lowest BCUT2D eigenvalue weighted by Gasteiger charge is -2.25. The fourth-order valence-electron chi connectivity index (χ4n) is 0.662. The first-order valence-corrected chi connectivity index (χ1v) is 3.27. The van der Waals surface area contributed by atoms with Crippen LogP contribution < -0.4 is 0 Å². The summed E-state index contributed by atoms with van der Waals surface area (Å²) in [6, 6.07) is 0. The summed E-state index contributed by atoms with van der Waals surface area (Å²) < 4.78 is 4.43. The van der Waals surface area contributed by atoms with Crippen molar-refractivity contribution in [3.05, 3.63) is 0 Å². The minimum Gasteiger partial charge on any atom is -0.396 e. The molecule has 0 saturated carbocycles. The zero-order chi connectivity index (χ0) is 8.91. The maximum Gasteiger partial charge on any atom is 0.213 e. The predicted molar refractivity (Wildman–Crippen MR) is 36.8 cm³/mol. The molecule has 0 aromatic heterocycles. The third-order valence-corrected chi connectivity index (χ3v) is 1.29. The van der Waals surface area contributed by atoms with Crippen molar-refractivity contribution in [1.82, 2.24) is 0 Å². The molecule has 1 unspecified atom stereocenters.